The summed E-state index contributed by atoms with van der Waals surface area (Å²) < 4.78 is 11.8. The fourth-order valence-corrected chi connectivity index (χ4v) is 4.48. The van der Waals surface area contributed by atoms with Crippen molar-refractivity contribution in [1.29, 1.82) is 0 Å². The number of carbonyl (C=O) groups excluding carboxylic acids is 1. The van der Waals surface area contributed by atoms with E-state index < -0.39 is 11.9 Å². The highest BCUT2D eigenvalue weighted by Gasteiger charge is 2.23. The molecule has 8 heteroatoms. The van der Waals surface area contributed by atoms with Crippen molar-refractivity contribution >= 4 is 34.9 Å². The number of hydrogen-bond donors (Lipinski definition) is 2. The number of nitrogens with zero attached hydrogens (tertiary/aromatic N) is 1. The van der Waals surface area contributed by atoms with E-state index in [4.69, 9.17) is 20.8 Å². The number of rotatable bonds is 7. The average Bonchev–Trinajstić information content (AvgIpc) is 3.41. The maximum atomic E-state index is 12.8. The van der Waals surface area contributed by atoms with Crippen molar-refractivity contribution in [3.63, 3.8) is 0 Å². The Morgan fingerprint density at radius 3 is 2.38 bits per heavy atom. The van der Waals surface area contributed by atoms with Gasteiger partial charge in [0, 0.05) is 42.2 Å². The van der Waals surface area contributed by atoms with Gasteiger partial charge < -0.3 is 24.5 Å². The molecule has 0 spiro atoms. The van der Waals surface area contributed by atoms with Gasteiger partial charge in [-0.05, 0) is 66.7 Å². The third-order valence-corrected chi connectivity index (χ3v) is 6.55. The summed E-state index contributed by atoms with van der Waals surface area (Å²) in [7, 11) is 0. The Labute approximate surface area is 219 Å². The van der Waals surface area contributed by atoms with Crippen LogP contribution in [0.25, 0.3) is 11.3 Å². The van der Waals surface area contributed by atoms with E-state index in [0.717, 1.165) is 42.9 Å². The van der Waals surface area contributed by atoms with Crippen molar-refractivity contribution in [1.82, 2.24) is 0 Å². The highest BCUT2D eigenvalue weighted by molar-refractivity contribution is 6.30. The molecular formula is C29H25ClN2O5. The fraction of sp³-hybridized carbons (Fsp3) is 0.172. The van der Waals surface area contributed by atoms with Gasteiger partial charge >= 0.3 is 5.97 Å². The monoisotopic (exact) mass is 516 g/mol. The molecule has 1 amide bonds. The van der Waals surface area contributed by atoms with Gasteiger partial charge in [-0.1, -0.05) is 29.8 Å². The lowest BCUT2D eigenvalue weighted by Gasteiger charge is -2.34. The maximum absolute atomic E-state index is 12.8. The number of ether oxygens (including phenoxy) is 1. The first-order valence-corrected chi connectivity index (χ1v) is 12.4. The molecule has 2 N–H and O–H groups in total. The first-order chi connectivity index (χ1) is 18.0. The number of piperidine rings is 1. The first kappa shape index (κ1) is 24.5. The standard InChI is InChI=1S/C29H25ClN2O5/c30-20-8-6-19(7-9-20)26-12-13-27(37-26)28(33)31-25-11-10-21(18-24(25)29(34)35)32-16-14-23(15-17-32)36-22-4-2-1-3-5-22/h1-13,18,23H,14-17H2,(H,31,33)(H,34,35). The summed E-state index contributed by atoms with van der Waals surface area (Å²) in [6.45, 7) is 1.48. The molecule has 0 bridgehead atoms. The summed E-state index contributed by atoms with van der Waals surface area (Å²) in [5.41, 5.74) is 1.78. The predicted octanol–water partition coefficient (Wildman–Crippen LogP) is 6.60. The molecule has 0 unspecified atom stereocenters. The number of carboxylic acid groups (broad SMARTS) is 1. The topological polar surface area (TPSA) is 92.0 Å². The van der Waals surface area contributed by atoms with Crippen molar-refractivity contribution in [2.45, 2.75) is 18.9 Å². The fourth-order valence-electron chi connectivity index (χ4n) is 4.35. The van der Waals surface area contributed by atoms with Gasteiger partial charge in [-0.15, -0.1) is 0 Å². The molecule has 1 aliphatic heterocycles. The van der Waals surface area contributed by atoms with Crippen molar-refractivity contribution in [3.8, 4) is 17.1 Å². The van der Waals surface area contributed by atoms with E-state index in [2.05, 4.69) is 10.2 Å². The number of carbonyl (C=O) groups is 2. The number of benzene rings is 3. The third kappa shape index (κ3) is 5.78. The lowest BCUT2D eigenvalue weighted by atomic mass is 10.1. The summed E-state index contributed by atoms with van der Waals surface area (Å²) in [5, 5.41) is 13.1. The van der Waals surface area contributed by atoms with Crippen molar-refractivity contribution < 1.29 is 23.8 Å². The molecule has 7 nitrogen and oxygen atoms in total. The van der Waals surface area contributed by atoms with Gasteiger partial charge in [0.2, 0.25) is 0 Å². The highest BCUT2D eigenvalue weighted by Crippen LogP contribution is 2.29. The van der Waals surface area contributed by atoms with Crippen LogP contribution in [0.5, 0.6) is 5.75 Å². The average molecular weight is 517 g/mol. The lowest BCUT2D eigenvalue weighted by molar-refractivity contribution is 0.0698. The largest absolute Gasteiger partial charge is 0.490 e. The number of aromatic carboxylic acids is 1. The molecule has 37 heavy (non-hydrogen) atoms. The Hall–Kier alpha value is -4.23. The third-order valence-electron chi connectivity index (χ3n) is 6.29. The summed E-state index contributed by atoms with van der Waals surface area (Å²) in [6.07, 6.45) is 1.76. The molecule has 0 saturated carbocycles. The second-order valence-corrected chi connectivity index (χ2v) is 9.21. The number of nitrogens with one attached hydrogen (secondary N) is 1. The molecule has 3 aromatic carbocycles. The quantitative estimate of drug-likeness (QED) is 0.287. The number of hydrogen-bond acceptors (Lipinski definition) is 5. The molecule has 0 radical (unpaired) electrons. The van der Waals surface area contributed by atoms with Gasteiger partial charge in [0.25, 0.3) is 5.91 Å². The summed E-state index contributed by atoms with van der Waals surface area (Å²) >= 11 is 5.93. The van der Waals surface area contributed by atoms with Crippen LogP contribution in [0.4, 0.5) is 11.4 Å². The molecule has 5 rings (SSSR count). The van der Waals surface area contributed by atoms with Crippen LogP contribution < -0.4 is 15.0 Å². The van der Waals surface area contributed by atoms with Gasteiger partial charge in [0.05, 0.1) is 11.3 Å². The van der Waals surface area contributed by atoms with Crippen LogP contribution in [0.3, 0.4) is 0 Å². The molecule has 1 fully saturated rings. The minimum Gasteiger partial charge on any atom is -0.490 e. The first-order valence-electron chi connectivity index (χ1n) is 12.0. The molecule has 188 valence electrons. The SMILES string of the molecule is O=C(Nc1ccc(N2CCC(Oc3ccccc3)CC2)cc1C(=O)O)c1ccc(-c2ccc(Cl)cc2)o1. The summed E-state index contributed by atoms with van der Waals surface area (Å²) in [5.74, 6) is -0.220. The lowest BCUT2D eigenvalue weighted by Crippen LogP contribution is -2.38. The zero-order valence-electron chi connectivity index (χ0n) is 19.9. The van der Waals surface area contributed by atoms with Gasteiger partial charge in [0.15, 0.2) is 5.76 Å². The Kier molecular flexibility index (Phi) is 7.14. The molecule has 1 saturated heterocycles. The number of furan rings is 1. The van der Waals surface area contributed by atoms with Gasteiger partial charge in [-0.2, -0.15) is 0 Å². The van der Waals surface area contributed by atoms with E-state index in [9.17, 15) is 14.7 Å². The van der Waals surface area contributed by atoms with Crippen molar-refractivity contribution in [3.05, 3.63) is 101 Å². The van der Waals surface area contributed by atoms with Crippen LogP contribution in [-0.2, 0) is 0 Å². The van der Waals surface area contributed by atoms with E-state index in [1.807, 2.05) is 36.4 Å². The Morgan fingerprint density at radius 1 is 0.946 bits per heavy atom. The number of para-hydroxylation sites is 1. The van der Waals surface area contributed by atoms with E-state index in [1.54, 1.807) is 48.5 Å². The number of amides is 1. The van der Waals surface area contributed by atoms with Crippen LogP contribution in [-0.4, -0.2) is 36.2 Å². The predicted molar refractivity (Wildman–Crippen MR) is 143 cm³/mol. The summed E-state index contributed by atoms with van der Waals surface area (Å²) in [6, 6.07) is 25.1. The molecule has 2 heterocycles. The number of halogens is 1. The van der Waals surface area contributed by atoms with Crippen LogP contribution in [0.1, 0.15) is 33.8 Å². The van der Waals surface area contributed by atoms with Crippen LogP contribution in [0.15, 0.2) is 89.3 Å². The minimum absolute atomic E-state index is 0.0120. The Bertz CT molecular complexity index is 1390. The van der Waals surface area contributed by atoms with Crippen LogP contribution in [0.2, 0.25) is 5.02 Å². The van der Waals surface area contributed by atoms with Gasteiger partial charge in [-0.25, -0.2) is 4.79 Å². The molecule has 4 aromatic rings. The maximum Gasteiger partial charge on any atom is 0.337 e. The van der Waals surface area contributed by atoms with Crippen molar-refractivity contribution in [2.24, 2.45) is 0 Å². The van der Waals surface area contributed by atoms with E-state index in [1.165, 1.54) is 0 Å². The van der Waals surface area contributed by atoms with E-state index in [-0.39, 0.29) is 23.1 Å². The molecule has 0 atom stereocenters. The Morgan fingerprint density at radius 2 is 1.68 bits per heavy atom. The van der Waals surface area contributed by atoms with Crippen molar-refractivity contribution in [2.75, 3.05) is 23.3 Å². The van der Waals surface area contributed by atoms with Gasteiger partial charge in [-0.3, -0.25) is 4.79 Å². The van der Waals surface area contributed by atoms with E-state index in [0.29, 0.717) is 10.8 Å². The molecular weight excluding hydrogens is 492 g/mol. The van der Waals surface area contributed by atoms with Gasteiger partial charge in [0.1, 0.15) is 17.6 Å². The molecule has 1 aromatic heterocycles. The zero-order chi connectivity index (χ0) is 25.8. The molecule has 0 aliphatic carbocycles. The van der Waals surface area contributed by atoms with E-state index >= 15 is 0 Å². The zero-order valence-corrected chi connectivity index (χ0v) is 20.6. The molecule has 1 aliphatic rings. The van der Waals surface area contributed by atoms with Crippen LogP contribution in [0, 0.1) is 0 Å². The Balaban J connectivity index is 1.25. The normalized spacial score (nSPS) is 13.8. The highest BCUT2D eigenvalue weighted by atomic mass is 35.5. The van der Waals surface area contributed by atoms with Crippen LogP contribution >= 0.6 is 11.6 Å². The minimum atomic E-state index is -1.12. The number of anilines is 2. The number of carboxylic acids is 1. The second kappa shape index (κ2) is 10.8. The smallest absolute Gasteiger partial charge is 0.337 e. The second-order valence-electron chi connectivity index (χ2n) is 8.78. The summed E-state index contributed by atoms with van der Waals surface area (Å²) in [4.78, 5) is 27.0.